The van der Waals surface area contributed by atoms with Gasteiger partial charge in [0.25, 0.3) is 0 Å². The zero-order valence-corrected chi connectivity index (χ0v) is 12.4. The van der Waals surface area contributed by atoms with Crippen molar-refractivity contribution in [2.45, 2.75) is 59.0 Å². The van der Waals surface area contributed by atoms with Gasteiger partial charge < -0.3 is 10.6 Å². The molecule has 18 heavy (non-hydrogen) atoms. The van der Waals surface area contributed by atoms with Gasteiger partial charge in [0.05, 0.1) is 0 Å². The predicted molar refractivity (Wildman–Crippen MR) is 79.4 cm³/mol. The van der Waals surface area contributed by atoms with Crippen LogP contribution in [0.1, 0.15) is 43.4 Å². The Labute approximate surface area is 111 Å². The third-order valence-electron chi connectivity index (χ3n) is 3.88. The Hall–Kier alpha value is -1.02. The van der Waals surface area contributed by atoms with Gasteiger partial charge in [-0.15, -0.1) is 0 Å². The van der Waals surface area contributed by atoms with Crippen LogP contribution in [-0.4, -0.2) is 18.1 Å². The van der Waals surface area contributed by atoms with Gasteiger partial charge in [-0.2, -0.15) is 0 Å². The maximum Gasteiger partial charge on any atom is 0.0401 e. The molecule has 0 aliphatic carbocycles. The van der Waals surface area contributed by atoms with E-state index in [2.05, 4.69) is 57.4 Å². The molecule has 1 aliphatic heterocycles. The van der Waals surface area contributed by atoms with Crippen molar-refractivity contribution in [3.63, 3.8) is 0 Å². The highest BCUT2D eigenvalue weighted by atomic mass is 15.0. The largest absolute Gasteiger partial charge is 0.382 e. The summed E-state index contributed by atoms with van der Waals surface area (Å²) in [5, 5.41) is 7.33. The van der Waals surface area contributed by atoms with E-state index >= 15 is 0 Å². The van der Waals surface area contributed by atoms with Crippen LogP contribution in [0.5, 0.6) is 0 Å². The van der Waals surface area contributed by atoms with Gasteiger partial charge in [-0.3, -0.25) is 0 Å². The van der Waals surface area contributed by atoms with E-state index in [-0.39, 0.29) is 5.54 Å². The van der Waals surface area contributed by atoms with E-state index in [0.717, 1.165) is 6.54 Å². The molecule has 0 aromatic heterocycles. The summed E-state index contributed by atoms with van der Waals surface area (Å²) in [6.07, 6.45) is 2.38. The first-order valence-corrected chi connectivity index (χ1v) is 6.97. The van der Waals surface area contributed by atoms with Gasteiger partial charge in [-0.05, 0) is 65.1 Å². The number of nitrogens with one attached hydrogen (secondary N) is 2. The first-order valence-electron chi connectivity index (χ1n) is 6.97. The first-order chi connectivity index (χ1) is 8.37. The molecule has 0 radical (unpaired) electrons. The summed E-state index contributed by atoms with van der Waals surface area (Å²) in [6, 6.07) is 5.12. The van der Waals surface area contributed by atoms with E-state index in [4.69, 9.17) is 0 Å². The molecule has 1 unspecified atom stereocenters. The fourth-order valence-corrected chi connectivity index (χ4v) is 3.11. The van der Waals surface area contributed by atoms with Crippen LogP contribution in [0, 0.1) is 20.8 Å². The summed E-state index contributed by atoms with van der Waals surface area (Å²) >= 11 is 0. The Morgan fingerprint density at radius 3 is 2.33 bits per heavy atom. The number of benzene rings is 1. The van der Waals surface area contributed by atoms with Crippen molar-refractivity contribution in [3.05, 3.63) is 28.8 Å². The second-order valence-corrected chi connectivity index (χ2v) is 6.42. The minimum atomic E-state index is 0.252. The summed E-state index contributed by atoms with van der Waals surface area (Å²) in [7, 11) is 0. The molecule has 1 heterocycles. The van der Waals surface area contributed by atoms with E-state index < -0.39 is 0 Å². The van der Waals surface area contributed by atoms with E-state index in [1.807, 2.05) is 0 Å². The van der Waals surface area contributed by atoms with E-state index in [9.17, 15) is 0 Å². The van der Waals surface area contributed by atoms with E-state index in [0.29, 0.717) is 6.04 Å². The number of hydrogen-bond acceptors (Lipinski definition) is 2. The normalized spacial score (nSPS) is 22.8. The van der Waals surface area contributed by atoms with Crippen LogP contribution in [-0.2, 0) is 0 Å². The minimum absolute atomic E-state index is 0.252. The van der Waals surface area contributed by atoms with E-state index in [1.165, 1.54) is 35.2 Å². The Morgan fingerprint density at radius 2 is 1.78 bits per heavy atom. The fraction of sp³-hybridized carbons (Fsp3) is 0.625. The van der Waals surface area contributed by atoms with Crippen molar-refractivity contribution in [1.82, 2.24) is 5.32 Å². The van der Waals surface area contributed by atoms with Crippen LogP contribution in [0.15, 0.2) is 12.1 Å². The number of hydrogen-bond donors (Lipinski definition) is 2. The van der Waals surface area contributed by atoms with Gasteiger partial charge in [0, 0.05) is 17.3 Å². The molecule has 1 atom stereocenters. The molecule has 0 bridgehead atoms. The highest BCUT2D eigenvalue weighted by Gasteiger charge is 2.27. The summed E-state index contributed by atoms with van der Waals surface area (Å²) in [5.74, 6) is 0. The zero-order chi connectivity index (χ0) is 13.3. The van der Waals surface area contributed by atoms with Gasteiger partial charge >= 0.3 is 0 Å². The van der Waals surface area contributed by atoms with Crippen molar-refractivity contribution in [3.8, 4) is 0 Å². The SMILES string of the molecule is Cc1cc(C)c(NC2CCNC(C)(C)C2)c(C)c1. The molecular weight excluding hydrogens is 220 g/mol. The van der Waals surface area contributed by atoms with Gasteiger partial charge in [-0.25, -0.2) is 0 Å². The van der Waals surface area contributed by atoms with Crippen molar-refractivity contribution >= 4 is 5.69 Å². The number of anilines is 1. The summed E-state index contributed by atoms with van der Waals surface area (Å²) in [6.45, 7) is 12.3. The first kappa shape index (κ1) is 13.4. The molecule has 0 amide bonds. The molecule has 2 N–H and O–H groups in total. The Balaban J connectivity index is 2.14. The molecular formula is C16H26N2. The highest BCUT2D eigenvalue weighted by molar-refractivity contribution is 5.58. The third-order valence-corrected chi connectivity index (χ3v) is 3.88. The van der Waals surface area contributed by atoms with E-state index in [1.54, 1.807) is 0 Å². The quantitative estimate of drug-likeness (QED) is 0.834. The lowest BCUT2D eigenvalue weighted by Gasteiger charge is -2.37. The summed E-state index contributed by atoms with van der Waals surface area (Å²) < 4.78 is 0. The van der Waals surface area contributed by atoms with Crippen LogP contribution in [0.25, 0.3) is 0 Å². The zero-order valence-electron chi connectivity index (χ0n) is 12.4. The number of rotatable bonds is 2. The standard InChI is InChI=1S/C16H26N2/c1-11-8-12(2)15(13(3)9-11)18-14-6-7-17-16(4,5)10-14/h8-9,14,17-18H,6-7,10H2,1-5H3. The number of aryl methyl sites for hydroxylation is 3. The van der Waals surface area contributed by atoms with Gasteiger partial charge in [0.1, 0.15) is 0 Å². The average molecular weight is 246 g/mol. The monoisotopic (exact) mass is 246 g/mol. The molecule has 0 spiro atoms. The third kappa shape index (κ3) is 3.05. The second kappa shape index (κ2) is 4.93. The molecule has 1 saturated heterocycles. The van der Waals surface area contributed by atoms with Crippen LogP contribution >= 0.6 is 0 Å². The average Bonchev–Trinajstić information content (AvgIpc) is 2.22. The molecule has 1 fully saturated rings. The van der Waals surface area contributed by atoms with Crippen LogP contribution in [0.3, 0.4) is 0 Å². The van der Waals surface area contributed by atoms with Gasteiger partial charge in [-0.1, -0.05) is 17.7 Å². The maximum atomic E-state index is 3.76. The number of piperidine rings is 1. The van der Waals surface area contributed by atoms with Crippen LogP contribution < -0.4 is 10.6 Å². The van der Waals surface area contributed by atoms with Crippen molar-refractivity contribution in [2.24, 2.45) is 0 Å². The molecule has 1 aromatic rings. The second-order valence-electron chi connectivity index (χ2n) is 6.42. The van der Waals surface area contributed by atoms with Crippen molar-refractivity contribution in [1.29, 1.82) is 0 Å². The molecule has 100 valence electrons. The van der Waals surface area contributed by atoms with Crippen molar-refractivity contribution in [2.75, 3.05) is 11.9 Å². The summed E-state index contributed by atoms with van der Waals surface area (Å²) in [4.78, 5) is 0. The molecule has 2 heteroatoms. The predicted octanol–water partition coefficient (Wildman–Crippen LogP) is 3.55. The van der Waals surface area contributed by atoms with Crippen LogP contribution in [0.2, 0.25) is 0 Å². The molecule has 2 nitrogen and oxygen atoms in total. The highest BCUT2D eigenvalue weighted by Crippen LogP contribution is 2.27. The Bertz CT molecular complexity index is 412. The van der Waals surface area contributed by atoms with Crippen LogP contribution in [0.4, 0.5) is 5.69 Å². The molecule has 0 saturated carbocycles. The Kier molecular flexibility index (Phi) is 3.67. The maximum absolute atomic E-state index is 3.76. The fourth-order valence-electron chi connectivity index (χ4n) is 3.11. The van der Waals surface area contributed by atoms with Crippen molar-refractivity contribution < 1.29 is 0 Å². The minimum Gasteiger partial charge on any atom is -0.382 e. The molecule has 1 aliphatic rings. The lowest BCUT2D eigenvalue weighted by molar-refractivity contribution is 0.286. The molecule has 1 aromatic carbocycles. The molecule has 2 rings (SSSR count). The van der Waals surface area contributed by atoms with Gasteiger partial charge in [0.2, 0.25) is 0 Å². The smallest absolute Gasteiger partial charge is 0.0401 e. The lowest BCUT2D eigenvalue weighted by Crippen LogP contribution is -2.50. The Morgan fingerprint density at radius 1 is 1.17 bits per heavy atom. The lowest BCUT2D eigenvalue weighted by atomic mass is 9.89. The van der Waals surface area contributed by atoms with Gasteiger partial charge in [0.15, 0.2) is 0 Å². The summed E-state index contributed by atoms with van der Waals surface area (Å²) in [5.41, 5.74) is 5.67. The topological polar surface area (TPSA) is 24.1 Å².